The first-order valence-electron chi connectivity index (χ1n) is 6.01. The molecule has 0 radical (unpaired) electrons. The van der Waals surface area contributed by atoms with Crippen LogP contribution in [-0.2, 0) is 4.74 Å². The molecule has 0 rings (SSSR count). The van der Waals surface area contributed by atoms with E-state index >= 15 is 0 Å². The minimum Gasteiger partial charge on any atom is -0.479 e. The number of rotatable bonds is 8. The van der Waals surface area contributed by atoms with Crippen molar-refractivity contribution < 1.29 is 4.74 Å². The monoisotopic (exact) mass is 263 g/mol. The van der Waals surface area contributed by atoms with Crippen molar-refractivity contribution in [1.82, 2.24) is 4.90 Å². The van der Waals surface area contributed by atoms with Crippen molar-refractivity contribution in [2.75, 3.05) is 20.7 Å². The minimum atomic E-state index is 0.252. The van der Waals surface area contributed by atoms with E-state index in [9.17, 15) is 0 Å². The van der Waals surface area contributed by atoms with E-state index < -0.39 is 0 Å². The number of thiol groups is 1. The van der Waals surface area contributed by atoms with Crippen LogP contribution in [0.2, 0.25) is 0 Å². The van der Waals surface area contributed by atoms with Crippen LogP contribution in [0.3, 0.4) is 0 Å². The third kappa shape index (κ3) is 5.51. The molecular weight excluding hydrogens is 238 g/mol. The van der Waals surface area contributed by atoms with Crippen molar-refractivity contribution in [3.63, 3.8) is 0 Å². The molecule has 0 fully saturated rings. The van der Waals surface area contributed by atoms with Crippen LogP contribution < -0.4 is 0 Å². The highest BCUT2D eigenvalue weighted by Crippen LogP contribution is 2.29. The molecule has 0 aromatic carbocycles. The topological polar surface area (TPSA) is 12.5 Å². The fraction of sp³-hybridized carbons (Fsp3) is 0.917. The second-order valence-electron chi connectivity index (χ2n) is 4.48. The van der Waals surface area contributed by atoms with Gasteiger partial charge < -0.3 is 9.64 Å². The normalized spacial score (nSPS) is 11.9. The summed E-state index contributed by atoms with van der Waals surface area (Å²) < 4.78 is 5.66. The van der Waals surface area contributed by atoms with Gasteiger partial charge >= 0.3 is 0 Å². The minimum absolute atomic E-state index is 0.252. The number of ether oxygens (including phenoxy) is 1. The van der Waals surface area contributed by atoms with Crippen LogP contribution in [0.1, 0.15) is 46.0 Å². The number of thiocarbonyl (C=S) groups is 1. The molecule has 4 heteroatoms. The first-order chi connectivity index (χ1) is 7.48. The third-order valence-electron chi connectivity index (χ3n) is 3.17. The predicted molar refractivity (Wildman–Crippen MR) is 78.4 cm³/mol. The molecule has 0 saturated carbocycles. The molecular formula is C12H25NOS2. The zero-order valence-corrected chi connectivity index (χ0v) is 12.7. The summed E-state index contributed by atoms with van der Waals surface area (Å²) in [6, 6.07) is 0. The van der Waals surface area contributed by atoms with Crippen LogP contribution in [0, 0.1) is 0 Å². The van der Waals surface area contributed by atoms with Crippen molar-refractivity contribution in [1.29, 1.82) is 0 Å². The Labute approximate surface area is 111 Å². The SMILES string of the molecule is CCCC(CCC)(CCOC(=S)S)N(C)C. The van der Waals surface area contributed by atoms with Crippen LogP contribution >= 0.6 is 24.8 Å². The second kappa shape index (κ2) is 8.31. The Kier molecular flexibility index (Phi) is 8.42. The van der Waals surface area contributed by atoms with Gasteiger partial charge in [0.2, 0.25) is 4.38 Å². The van der Waals surface area contributed by atoms with Crippen LogP contribution in [0.5, 0.6) is 0 Å². The van der Waals surface area contributed by atoms with E-state index in [4.69, 9.17) is 17.0 Å². The van der Waals surface area contributed by atoms with Gasteiger partial charge in [0.05, 0.1) is 6.61 Å². The molecule has 0 saturated heterocycles. The molecule has 2 nitrogen and oxygen atoms in total. The van der Waals surface area contributed by atoms with Crippen molar-refractivity contribution in [2.45, 2.75) is 51.5 Å². The van der Waals surface area contributed by atoms with E-state index in [0.29, 0.717) is 11.0 Å². The summed E-state index contributed by atoms with van der Waals surface area (Å²) in [6.45, 7) is 5.14. The molecule has 0 aliphatic heterocycles. The van der Waals surface area contributed by atoms with Gasteiger partial charge in [-0.1, -0.05) is 39.3 Å². The summed E-state index contributed by atoms with van der Waals surface area (Å²) in [5, 5.41) is 0. The average Bonchev–Trinajstić information content (AvgIpc) is 2.17. The Morgan fingerprint density at radius 1 is 1.19 bits per heavy atom. The maximum absolute atomic E-state index is 5.31. The molecule has 0 aliphatic rings. The van der Waals surface area contributed by atoms with E-state index in [1.165, 1.54) is 25.7 Å². The zero-order chi connectivity index (χ0) is 12.6. The van der Waals surface area contributed by atoms with Gasteiger partial charge in [0.1, 0.15) is 0 Å². The molecule has 16 heavy (non-hydrogen) atoms. The molecule has 0 bridgehead atoms. The van der Waals surface area contributed by atoms with E-state index in [1.54, 1.807) is 0 Å². The fourth-order valence-electron chi connectivity index (χ4n) is 2.30. The predicted octanol–water partition coefficient (Wildman–Crippen LogP) is 3.51. The standard InChI is InChI=1S/C12H25NOS2/c1-5-7-12(8-6-2,13(3)4)9-10-14-11(15)16/h5-10H2,1-4H3,(H,15,16). The lowest BCUT2D eigenvalue weighted by Crippen LogP contribution is -2.45. The third-order valence-corrected chi connectivity index (χ3v) is 3.42. The van der Waals surface area contributed by atoms with Gasteiger partial charge in [-0.25, -0.2) is 0 Å². The smallest absolute Gasteiger partial charge is 0.216 e. The molecule has 0 spiro atoms. The van der Waals surface area contributed by atoms with E-state index in [-0.39, 0.29) is 5.54 Å². The summed E-state index contributed by atoms with van der Waals surface area (Å²) in [7, 11) is 4.31. The molecule has 0 aromatic heterocycles. The number of hydrogen-bond acceptors (Lipinski definition) is 3. The number of hydrogen-bond donors (Lipinski definition) is 1. The van der Waals surface area contributed by atoms with Crippen LogP contribution in [0.4, 0.5) is 0 Å². The highest BCUT2D eigenvalue weighted by atomic mass is 32.1. The maximum atomic E-state index is 5.31. The summed E-state index contributed by atoms with van der Waals surface area (Å²) in [5.41, 5.74) is 0.252. The van der Waals surface area contributed by atoms with Gasteiger partial charge in [-0.3, -0.25) is 0 Å². The average molecular weight is 263 g/mol. The highest BCUT2D eigenvalue weighted by Gasteiger charge is 2.30. The highest BCUT2D eigenvalue weighted by molar-refractivity contribution is 8.10. The summed E-state index contributed by atoms with van der Waals surface area (Å²) >= 11 is 8.79. The van der Waals surface area contributed by atoms with E-state index in [2.05, 4.69) is 45.5 Å². The van der Waals surface area contributed by atoms with Crippen molar-refractivity contribution >= 4 is 29.2 Å². The number of nitrogens with zero attached hydrogens (tertiary/aromatic N) is 1. The lowest BCUT2D eigenvalue weighted by atomic mass is 9.84. The van der Waals surface area contributed by atoms with Crippen molar-refractivity contribution in [3.05, 3.63) is 0 Å². The molecule has 96 valence electrons. The largest absolute Gasteiger partial charge is 0.479 e. The van der Waals surface area contributed by atoms with Gasteiger partial charge in [-0.05, 0) is 45.6 Å². The summed E-state index contributed by atoms with van der Waals surface area (Å²) in [4.78, 5) is 2.34. The van der Waals surface area contributed by atoms with Crippen molar-refractivity contribution in [2.24, 2.45) is 0 Å². The molecule has 0 aromatic rings. The lowest BCUT2D eigenvalue weighted by molar-refractivity contribution is 0.0919. The van der Waals surface area contributed by atoms with Gasteiger partial charge in [-0.2, -0.15) is 0 Å². The van der Waals surface area contributed by atoms with Crippen LogP contribution in [-0.4, -0.2) is 35.5 Å². The van der Waals surface area contributed by atoms with Crippen LogP contribution in [0.25, 0.3) is 0 Å². The lowest BCUT2D eigenvalue weighted by Gasteiger charge is -2.40. The van der Waals surface area contributed by atoms with Gasteiger partial charge in [0, 0.05) is 5.54 Å². The fourth-order valence-corrected chi connectivity index (χ4v) is 2.48. The Balaban J connectivity index is 4.41. The molecule has 0 heterocycles. The maximum Gasteiger partial charge on any atom is 0.216 e. The van der Waals surface area contributed by atoms with Gasteiger partial charge in [0.15, 0.2) is 0 Å². The van der Waals surface area contributed by atoms with Crippen LogP contribution in [0.15, 0.2) is 0 Å². The Morgan fingerprint density at radius 3 is 2.00 bits per heavy atom. The Hall–Kier alpha value is 0.200. The quantitative estimate of drug-likeness (QED) is 0.532. The summed E-state index contributed by atoms with van der Waals surface area (Å²) in [6.07, 6.45) is 5.82. The molecule has 0 amide bonds. The molecule has 0 aliphatic carbocycles. The first kappa shape index (κ1) is 16.2. The first-order valence-corrected chi connectivity index (χ1v) is 6.87. The molecule has 0 unspecified atom stereocenters. The van der Waals surface area contributed by atoms with E-state index in [0.717, 1.165) is 6.42 Å². The zero-order valence-electron chi connectivity index (χ0n) is 11.0. The Morgan fingerprint density at radius 2 is 1.69 bits per heavy atom. The second-order valence-corrected chi connectivity index (χ2v) is 5.56. The van der Waals surface area contributed by atoms with Gasteiger partial charge in [-0.15, -0.1) is 0 Å². The Bertz CT molecular complexity index is 201. The summed E-state index contributed by atoms with van der Waals surface area (Å²) in [5.74, 6) is 0. The molecule has 0 N–H and O–H groups in total. The van der Waals surface area contributed by atoms with Gasteiger partial charge in [0.25, 0.3) is 0 Å². The van der Waals surface area contributed by atoms with E-state index in [1.807, 2.05) is 0 Å². The van der Waals surface area contributed by atoms with Crippen molar-refractivity contribution in [3.8, 4) is 0 Å². The molecule has 0 atom stereocenters.